The van der Waals surface area contributed by atoms with Crippen LogP contribution in [0.3, 0.4) is 0 Å². The molecule has 0 fully saturated rings. The minimum absolute atomic E-state index is 0.489. The minimum atomic E-state index is 0.489. The van der Waals surface area contributed by atoms with Crippen molar-refractivity contribution in [3.8, 4) is 0 Å². The number of rotatable bonds is 1. The van der Waals surface area contributed by atoms with Crippen LogP contribution in [0.25, 0.3) is 22.4 Å². The molecule has 0 radical (unpaired) electrons. The molecule has 3 rings (SSSR count). The summed E-state index contributed by atoms with van der Waals surface area (Å²) in [7, 11) is 0. The van der Waals surface area contributed by atoms with E-state index >= 15 is 0 Å². The molecule has 0 bridgehead atoms. The van der Waals surface area contributed by atoms with E-state index in [0.29, 0.717) is 5.92 Å². The van der Waals surface area contributed by atoms with Gasteiger partial charge in [0.15, 0.2) is 0 Å². The van der Waals surface area contributed by atoms with Crippen LogP contribution >= 0.6 is 0 Å². The molecule has 96 valence electrons. The fraction of sp³-hybridized carbons (Fsp3) is 0.263. The Morgan fingerprint density at radius 1 is 1.16 bits per heavy atom. The van der Waals surface area contributed by atoms with E-state index in [-0.39, 0.29) is 0 Å². The average Bonchev–Trinajstić information content (AvgIpc) is 2.43. The molecule has 2 aromatic rings. The molecule has 1 unspecified atom stereocenters. The highest BCUT2D eigenvalue weighted by Gasteiger charge is 2.19. The van der Waals surface area contributed by atoms with E-state index < -0.39 is 0 Å². The zero-order valence-corrected chi connectivity index (χ0v) is 12.1. The zero-order chi connectivity index (χ0) is 13.6. The van der Waals surface area contributed by atoms with Crippen LogP contribution in [0.1, 0.15) is 48.9 Å². The highest BCUT2D eigenvalue weighted by molar-refractivity contribution is 5.99. The second kappa shape index (κ2) is 4.38. The van der Waals surface area contributed by atoms with E-state index in [0.717, 1.165) is 0 Å². The summed E-state index contributed by atoms with van der Waals surface area (Å²) in [5, 5.41) is 2.81. The summed E-state index contributed by atoms with van der Waals surface area (Å²) in [5.74, 6) is 0.489. The Labute approximate surface area is 115 Å². The molecule has 19 heavy (non-hydrogen) atoms. The first-order valence-corrected chi connectivity index (χ1v) is 7.01. The molecular weight excluding hydrogens is 228 g/mol. The standard InChI is InChI=1S/C19H20/c1-5-12(2)16-11-9-15-8-6-13(3)17-10-7-14(4)18(16)19(15)17/h5-11,14H,1-4H3/b12-5-. The lowest BCUT2D eigenvalue weighted by Gasteiger charge is -2.23. The van der Waals surface area contributed by atoms with Crippen LogP contribution in [0, 0.1) is 6.92 Å². The molecule has 0 amide bonds. The first-order chi connectivity index (χ1) is 9.13. The summed E-state index contributed by atoms with van der Waals surface area (Å²) in [6.07, 6.45) is 6.83. The Balaban J connectivity index is 2.48. The van der Waals surface area contributed by atoms with Crippen LogP contribution in [-0.4, -0.2) is 0 Å². The Bertz CT molecular complexity index is 714. The average molecular weight is 248 g/mol. The molecule has 1 aliphatic rings. The summed E-state index contributed by atoms with van der Waals surface area (Å²) in [5.41, 5.74) is 7.03. The lowest BCUT2D eigenvalue weighted by atomic mass is 9.81. The third kappa shape index (κ3) is 1.74. The van der Waals surface area contributed by atoms with Crippen molar-refractivity contribution in [3.05, 3.63) is 58.7 Å². The van der Waals surface area contributed by atoms with Crippen molar-refractivity contribution in [3.63, 3.8) is 0 Å². The van der Waals surface area contributed by atoms with Gasteiger partial charge in [0.2, 0.25) is 0 Å². The van der Waals surface area contributed by atoms with Gasteiger partial charge in [-0.3, -0.25) is 0 Å². The van der Waals surface area contributed by atoms with E-state index in [1.165, 1.54) is 38.6 Å². The maximum Gasteiger partial charge on any atom is 0.000531 e. The largest absolute Gasteiger partial charge is 0.0841 e. The quantitative estimate of drug-likeness (QED) is 0.607. The van der Waals surface area contributed by atoms with Gasteiger partial charge in [-0.15, -0.1) is 0 Å². The zero-order valence-electron chi connectivity index (χ0n) is 12.1. The van der Waals surface area contributed by atoms with Gasteiger partial charge in [0.05, 0.1) is 0 Å². The van der Waals surface area contributed by atoms with Gasteiger partial charge in [-0.1, -0.05) is 49.4 Å². The van der Waals surface area contributed by atoms with Crippen molar-refractivity contribution in [2.75, 3.05) is 0 Å². The summed E-state index contributed by atoms with van der Waals surface area (Å²) < 4.78 is 0. The highest BCUT2D eigenvalue weighted by Crippen LogP contribution is 2.40. The Kier molecular flexibility index (Phi) is 2.82. The van der Waals surface area contributed by atoms with Crippen molar-refractivity contribution in [2.45, 2.75) is 33.6 Å². The number of benzene rings is 2. The normalized spacial score (nSPS) is 18.1. The van der Waals surface area contributed by atoms with Gasteiger partial charge in [-0.25, -0.2) is 0 Å². The van der Waals surface area contributed by atoms with Crippen LogP contribution in [0.5, 0.6) is 0 Å². The van der Waals surface area contributed by atoms with Crippen molar-refractivity contribution < 1.29 is 0 Å². The third-order valence-corrected chi connectivity index (χ3v) is 4.35. The maximum absolute atomic E-state index is 2.33. The predicted octanol–water partition coefficient (Wildman–Crippen LogP) is 5.70. The van der Waals surface area contributed by atoms with Crippen molar-refractivity contribution in [1.82, 2.24) is 0 Å². The molecule has 0 saturated carbocycles. The van der Waals surface area contributed by atoms with Gasteiger partial charge in [-0.05, 0) is 59.4 Å². The van der Waals surface area contributed by atoms with Gasteiger partial charge < -0.3 is 0 Å². The number of hydrogen-bond acceptors (Lipinski definition) is 0. The molecule has 0 aliphatic heterocycles. The Morgan fingerprint density at radius 2 is 1.89 bits per heavy atom. The second-order valence-corrected chi connectivity index (χ2v) is 5.54. The van der Waals surface area contributed by atoms with Gasteiger partial charge in [0.1, 0.15) is 0 Å². The second-order valence-electron chi connectivity index (χ2n) is 5.54. The topological polar surface area (TPSA) is 0 Å². The van der Waals surface area contributed by atoms with Crippen molar-refractivity contribution in [2.24, 2.45) is 0 Å². The first kappa shape index (κ1) is 12.2. The first-order valence-electron chi connectivity index (χ1n) is 7.01. The van der Waals surface area contributed by atoms with Gasteiger partial charge in [0.25, 0.3) is 0 Å². The molecule has 0 aromatic heterocycles. The third-order valence-electron chi connectivity index (χ3n) is 4.35. The number of hydrogen-bond donors (Lipinski definition) is 0. The summed E-state index contributed by atoms with van der Waals surface area (Å²) in [4.78, 5) is 0. The van der Waals surface area contributed by atoms with Crippen molar-refractivity contribution >= 4 is 22.4 Å². The van der Waals surface area contributed by atoms with Crippen LogP contribution in [0.15, 0.2) is 36.4 Å². The molecule has 0 saturated heterocycles. The molecule has 1 aliphatic carbocycles. The SMILES string of the molecule is C/C=C(/C)c1ccc2ccc(C)c3c2c1C(C)C=C3. The molecule has 0 N–H and O–H groups in total. The van der Waals surface area contributed by atoms with Crippen LogP contribution in [0.4, 0.5) is 0 Å². The minimum Gasteiger partial charge on any atom is -0.0841 e. The van der Waals surface area contributed by atoms with Crippen LogP contribution in [0.2, 0.25) is 0 Å². The van der Waals surface area contributed by atoms with Crippen LogP contribution in [-0.2, 0) is 0 Å². The number of aryl methyl sites for hydroxylation is 1. The Morgan fingerprint density at radius 3 is 2.63 bits per heavy atom. The maximum atomic E-state index is 2.33. The molecule has 0 nitrogen and oxygen atoms in total. The fourth-order valence-corrected chi connectivity index (χ4v) is 3.10. The van der Waals surface area contributed by atoms with Crippen molar-refractivity contribution in [1.29, 1.82) is 0 Å². The fourth-order valence-electron chi connectivity index (χ4n) is 3.10. The molecule has 0 heterocycles. The van der Waals surface area contributed by atoms with E-state index in [2.05, 4.69) is 70.2 Å². The summed E-state index contributed by atoms with van der Waals surface area (Å²) in [6, 6.07) is 9.01. The summed E-state index contributed by atoms with van der Waals surface area (Å²) in [6.45, 7) is 8.82. The van der Waals surface area contributed by atoms with E-state index in [9.17, 15) is 0 Å². The molecule has 0 spiro atoms. The van der Waals surface area contributed by atoms with E-state index in [4.69, 9.17) is 0 Å². The van der Waals surface area contributed by atoms with Gasteiger partial charge in [-0.2, -0.15) is 0 Å². The van der Waals surface area contributed by atoms with Crippen LogP contribution < -0.4 is 0 Å². The van der Waals surface area contributed by atoms with E-state index in [1.807, 2.05) is 0 Å². The highest BCUT2D eigenvalue weighted by atomic mass is 14.2. The molecular formula is C19H20. The monoisotopic (exact) mass is 248 g/mol. The molecule has 0 heteroatoms. The summed E-state index contributed by atoms with van der Waals surface area (Å²) >= 11 is 0. The lowest BCUT2D eigenvalue weighted by molar-refractivity contribution is 0.972. The number of allylic oxidation sites excluding steroid dienone is 3. The van der Waals surface area contributed by atoms with Gasteiger partial charge >= 0.3 is 0 Å². The molecule has 1 atom stereocenters. The predicted molar refractivity (Wildman–Crippen MR) is 85.5 cm³/mol. The van der Waals surface area contributed by atoms with E-state index in [1.54, 1.807) is 0 Å². The Hall–Kier alpha value is -1.82. The van der Waals surface area contributed by atoms with Gasteiger partial charge in [0, 0.05) is 5.92 Å². The lowest BCUT2D eigenvalue weighted by Crippen LogP contribution is -2.03. The molecule has 2 aromatic carbocycles. The smallest absolute Gasteiger partial charge is 0.000531 e.